The van der Waals surface area contributed by atoms with Crippen molar-refractivity contribution in [3.8, 4) is 5.75 Å². The normalized spacial score (nSPS) is 27.9. The smallest absolute Gasteiger partial charge is 0.254 e. The topological polar surface area (TPSA) is 93.1 Å². The number of aliphatic hydroxyl groups excluding tert-OH is 1. The highest BCUT2D eigenvalue weighted by molar-refractivity contribution is 6.26. The quantitative estimate of drug-likeness (QED) is 0.474. The van der Waals surface area contributed by atoms with Crippen LogP contribution in [0.5, 0.6) is 5.75 Å². The van der Waals surface area contributed by atoms with Crippen molar-refractivity contribution in [1.82, 2.24) is 0 Å². The maximum absolute atomic E-state index is 13.2. The molecule has 1 heterocycles. The second-order valence-electron chi connectivity index (χ2n) is 7.14. The number of benzene rings is 2. The van der Waals surface area contributed by atoms with E-state index >= 15 is 0 Å². The summed E-state index contributed by atoms with van der Waals surface area (Å²) in [4.78, 5) is 26.0. The maximum Gasteiger partial charge on any atom is 0.254 e. The van der Waals surface area contributed by atoms with Gasteiger partial charge in [0, 0.05) is 13.5 Å². The van der Waals surface area contributed by atoms with Gasteiger partial charge in [0.25, 0.3) is 5.79 Å². The number of ether oxygens (including phenoxy) is 2. The Kier molecular flexibility index (Phi) is 4.61. The number of fused-ring (bicyclic) bond motifs is 2. The summed E-state index contributed by atoms with van der Waals surface area (Å²) in [5.41, 5.74) is -1.19. The van der Waals surface area contributed by atoms with E-state index in [1.165, 1.54) is 13.2 Å². The van der Waals surface area contributed by atoms with Crippen molar-refractivity contribution in [2.24, 2.45) is 0 Å². The minimum atomic E-state index is -2.14. The summed E-state index contributed by atoms with van der Waals surface area (Å²) >= 11 is 0. The number of carbonyl (C=O) groups is 2. The van der Waals surface area contributed by atoms with E-state index in [9.17, 15) is 19.8 Å². The molecule has 0 radical (unpaired) electrons. The van der Waals surface area contributed by atoms with Crippen LogP contribution in [0.2, 0.25) is 0 Å². The lowest BCUT2D eigenvalue weighted by molar-refractivity contribution is -0.271. The lowest BCUT2D eigenvalue weighted by atomic mass is 9.69. The fraction of sp³-hybridized carbons (Fsp3) is 0.217. The van der Waals surface area contributed by atoms with Crippen LogP contribution in [0, 0.1) is 0 Å². The molecule has 1 aliphatic heterocycles. The zero-order chi connectivity index (χ0) is 20.6. The summed E-state index contributed by atoms with van der Waals surface area (Å²) in [5, 5.41) is 21.8. The molecular weight excluding hydrogens is 372 g/mol. The average Bonchev–Trinajstić information content (AvgIpc) is 2.72. The Morgan fingerprint density at radius 3 is 2.48 bits per heavy atom. The lowest BCUT2D eigenvalue weighted by Gasteiger charge is -2.50. The first-order valence-corrected chi connectivity index (χ1v) is 9.19. The number of aliphatic hydroxyl groups is 2. The van der Waals surface area contributed by atoms with Crippen LogP contribution in [0.15, 0.2) is 72.0 Å². The molecule has 6 nitrogen and oxygen atoms in total. The van der Waals surface area contributed by atoms with Crippen molar-refractivity contribution in [2.45, 2.75) is 24.2 Å². The van der Waals surface area contributed by atoms with Gasteiger partial charge in [-0.1, -0.05) is 54.6 Å². The molecule has 6 heteroatoms. The van der Waals surface area contributed by atoms with Crippen molar-refractivity contribution in [3.63, 3.8) is 0 Å². The van der Waals surface area contributed by atoms with Crippen LogP contribution in [0.4, 0.5) is 0 Å². The standard InChI is InChI=1S/C23H20O6/c1-28-23-14-18(25)20(17(24)12-11-15-7-3-2-4-8-15)21(26)22(23,27)13-16-9-5-6-10-19(16)29-23/h2-12,24,27H,13-14H2,1H3/b12-11+,20-17-. The Bertz CT molecular complexity index is 1040. The van der Waals surface area contributed by atoms with E-state index in [-0.39, 0.29) is 6.42 Å². The summed E-state index contributed by atoms with van der Waals surface area (Å²) in [6.07, 6.45) is 2.36. The number of para-hydroxylation sites is 1. The van der Waals surface area contributed by atoms with E-state index in [2.05, 4.69) is 0 Å². The van der Waals surface area contributed by atoms with E-state index in [0.717, 1.165) is 5.56 Å². The van der Waals surface area contributed by atoms with E-state index in [1.807, 2.05) is 30.3 Å². The molecule has 1 aliphatic carbocycles. The molecule has 1 saturated carbocycles. The van der Waals surface area contributed by atoms with E-state index < -0.39 is 40.7 Å². The Labute approximate surface area is 167 Å². The van der Waals surface area contributed by atoms with Gasteiger partial charge in [0.1, 0.15) is 17.1 Å². The Morgan fingerprint density at radius 1 is 1.07 bits per heavy atom. The van der Waals surface area contributed by atoms with E-state index in [0.29, 0.717) is 11.3 Å². The number of ketones is 2. The molecule has 0 saturated heterocycles. The number of allylic oxidation sites excluding steroid dienone is 1. The largest absolute Gasteiger partial charge is 0.507 e. The average molecular weight is 392 g/mol. The summed E-state index contributed by atoms with van der Waals surface area (Å²) in [6.45, 7) is 0. The SMILES string of the molecule is COC12CC(=O)/C(=C(O)\C=C\c3ccccc3)C(=O)C1(O)Cc1ccccc1O2. The van der Waals surface area contributed by atoms with Gasteiger partial charge in [-0.3, -0.25) is 9.59 Å². The van der Waals surface area contributed by atoms with Crippen LogP contribution in [-0.2, 0) is 20.7 Å². The Morgan fingerprint density at radius 2 is 1.76 bits per heavy atom. The zero-order valence-corrected chi connectivity index (χ0v) is 15.8. The minimum Gasteiger partial charge on any atom is -0.507 e. The highest BCUT2D eigenvalue weighted by atomic mass is 16.7. The van der Waals surface area contributed by atoms with E-state index in [4.69, 9.17) is 9.47 Å². The molecule has 2 unspecified atom stereocenters. The lowest BCUT2D eigenvalue weighted by Crippen LogP contribution is -2.70. The molecular formula is C23H20O6. The molecule has 1 fully saturated rings. The molecule has 2 aromatic rings. The second kappa shape index (κ2) is 6.99. The van der Waals surface area contributed by atoms with Gasteiger partial charge < -0.3 is 19.7 Å². The minimum absolute atomic E-state index is 0.0949. The molecule has 4 rings (SSSR count). The number of Topliss-reactive ketones (excluding diaryl/α,β-unsaturated/α-hetero) is 2. The molecule has 2 N–H and O–H groups in total. The third-order valence-corrected chi connectivity index (χ3v) is 5.42. The fourth-order valence-electron chi connectivity index (χ4n) is 3.85. The van der Waals surface area contributed by atoms with Gasteiger partial charge in [-0.25, -0.2) is 0 Å². The van der Waals surface area contributed by atoms with Crippen LogP contribution in [0.3, 0.4) is 0 Å². The summed E-state index contributed by atoms with van der Waals surface area (Å²) in [5.74, 6) is -3.47. The van der Waals surface area contributed by atoms with Crippen molar-refractivity contribution < 1.29 is 29.3 Å². The third-order valence-electron chi connectivity index (χ3n) is 5.42. The fourth-order valence-corrected chi connectivity index (χ4v) is 3.85. The maximum atomic E-state index is 13.2. The summed E-state index contributed by atoms with van der Waals surface area (Å²) in [6, 6.07) is 16.1. The highest BCUT2D eigenvalue weighted by Crippen LogP contribution is 2.47. The van der Waals surface area contributed by atoms with Gasteiger partial charge in [-0.15, -0.1) is 0 Å². The zero-order valence-electron chi connectivity index (χ0n) is 15.8. The van der Waals surface area contributed by atoms with Gasteiger partial charge in [-0.05, 0) is 23.3 Å². The number of carbonyl (C=O) groups excluding carboxylic acids is 2. The molecule has 29 heavy (non-hydrogen) atoms. The molecule has 0 amide bonds. The summed E-state index contributed by atoms with van der Waals surface area (Å²) < 4.78 is 11.2. The summed E-state index contributed by atoms with van der Waals surface area (Å²) in [7, 11) is 1.28. The van der Waals surface area contributed by atoms with Crippen molar-refractivity contribution in [3.05, 3.63) is 83.1 Å². The molecule has 0 spiro atoms. The first-order valence-electron chi connectivity index (χ1n) is 9.19. The molecule has 2 aliphatic rings. The van der Waals surface area contributed by atoms with Crippen LogP contribution in [0.1, 0.15) is 17.5 Å². The number of hydrogen-bond donors (Lipinski definition) is 2. The number of hydrogen-bond acceptors (Lipinski definition) is 6. The molecule has 0 bridgehead atoms. The highest BCUT2D eigenvalue weighted by Gasteiger charge is 2.66. The van der Waals surface area contributed by atoms with Crippen LogP contribution in [0.25, 0.3) is 6.08 Å². The Hall–Kier alpha value is -3.22. The third kappa shape index (κ3) is 2.97. The predicted molar refractivity (Wildman–Crippen MR) is 105 cm³/mol. The first-order chi connectivity index (χ1) is 13.9. The number of methoxy groups -OCH3 is 1. The van der Waals surface area contributed by atoms with Gasteiger partial charge >= 0.3 is 0 Å². The van der Waals surface area contributed by atoms with Crippen molar-refractivity contribution in [1.29, 1.82) is 0 Å². The molecule has 2 aromatic carbocycles. The van der Waals surface area contributed by atoms with E-state index in [1.54, 1.807) is 30.3 Å². The van der Waals surface area contributed by atoms with Crippen LogP contribution in [-0.4, -0.2) is 40.3 Å². The Balaban J connectivity index is 1.77. The van der Waals surface area contributed by atoms with Crippen molar-refractivity contribution >= 4 is 17.6 Å². The van der Waals surface area contributed by atoms with Gasteiger partial charge in [-0.2, -0.15) is 0 Å². The molecule has 2 atom stereocenters. The van der Waals surface area contributed by atoms with Gasteiger partial charge in [0.2, 0.25) is 5.78 Å². The molecule has 148 valence electrons. The monoisotopic (exact) mass is 392 g/mol. The number of rotatable bonds is 3. The van der Waals surface area contributed by atoms with Gasteiger partial charge in [0.15, 0.2) is 11.4 Å². The predicted octanol–water partition coefficient (Wildman–Crippen LogP) is 2.76. The first kappa shape index (κ1) is 19.1. The van der Waals surface area contributed by atoms with Crippen LogP contribution < -0.4 is 4.74 Å². The van der Waals surface area contributed by atoms with Crippen LogP contribution >= 0.6 is 0 Å². The van der Waals surface area contributed by atoms with Crippen molar-refractivity contribution in [2.75, 3.05) is 7.11 Å². The van der Waals surface area contributed by atoms with Gasteiger partial charge in [0.05, 0.1) is 6.42 Å². The molecule has 0 aromatic heterocycles. The second-order valence-corrected chi connectivity index (χ2v) is 7.14.